The summed E-state index contributed by atoms with van der Waals surface area (Å²) in [4.78, 5) is 11.2. The van der Waals surface area contributed by atoms with Crippen LogP contribution in [-0.2, 0) is 0 Å². The fourth-order valence-corrected chi connectivity index (χ4v) is 1.35. The van der Waals surface area contributed by atoms with Crippen LogP contribution in [0, 0.1) is 0 Å². The van der Waals surface area contributed by atoms with Crippen LogP contribution in [-0.4, -0.2) is 31.4 Å². The number of carbonyl (C=O) groups is 1. The lowest BCUT2D eigenvalue weighted by atomic mass is 10.2. The van der Waals surface area contributed by atoms with Crippen molar-refractivity contribution in [1.29, 1.82) is 0 Å². The van der Waals surface area contributed by atoms with Gasteiger partial charge in [-0.2, -0.15) is 0 Å². The predicted molar refractivity (Wildman–Crippen MR) is 46.7 cm³/mol. The predicted octanol–water partition coefficient (Wildman–Crippen LogP) is 1.02. The van der Waals surface area contributed by atoms with Crippen LogP contribution >= 0.6 is 11.6 Å². The molecular formula is C7H4ClN3O3. The molecule has 6 nitrogen and oxygen atoms in total. The number of aromatic nitrogens is 3. The Morgan fingerprint density at radius 3 is 2.86 bits per heavy atom. The molecule has 1 aromatic carbocycles. The van der Waals surface area contributed by atoms with Crippen LogP contribution < -0.4 is 0 Å². The molecule has 72 valence electrons. The molecule has 0 aliphatic carbocycles. The van der Waals surface area contributed by atoms with E-state index in [0.29, 0.717) is 4.85 Å². The van der Waals surface area contributed by atoms with E-state index in [9.17, 15) is 4.79 Å². The Morgan fingerprint density at radius 1 is 1.50 bits per heavy atom. The maximum Gasteiger partial charge on any atom is 0.338 e. The van der Waals surface area contributed by atoms with Crippen molar-refractivity contribution >= 4 is 28.6 Å². The SMILES string of the molecule is O=C(O)c1cc(Cl)cc2c1nnn2O. The zero-order valence-electron chi connectivity index (χ0n) is 6.68. The van der Waals surface area contributed by atoms with Crippen molar-refractivity contribution in [2.75, 3.05) is 0 Å². The van der Waals surface area contributed by atoms with E-state index in [1.807, 2.05) is 0 Å². The fraction of sp³-hybridized carbons (Fsp3) is 0. The standard InChI is InChI=1S/C7H4ClN3O3/c8-3-1-4(7(12)13)6-5(2-3)11(14)10-9-6/h1-2,14H,(H,12,13). The second kappa shape index (κ2) is 2.85. The van der Waals surface area contributed by atoms with E-state index in [2.05, 4.69) is 10.3 Å². The molecule has 0 bridgehead atoms. The molecule has 2 aromatic rings. The van der Waals surface area contributed by atoms with Crippen LogP contribution in [0.2, 0.25) is 5.02 Å². The van der Waals surface area contributed by atoms with Crippen LogP contribution in [0.1, 0.15) is 10.4 Å². The van der Waals surface area contributed by atoms with Gasteiger partial charge in [-0.1, -0.05) is 16.4 Å². The van der Waals surface area contributed by atoms with Crippen molar-refractivity contribution in [2.45, 2.75) is 0 Å². The lowest BCUT2D eigenvalue weighted by Crippen LogP contribution is -1.98. The Labute approximate surface area is 82.3 Å². The van der Waals surface area contributed by atoms with E-state index < -0.39 is 5.97 Å². The molecule has 2 N–H and O–H groups in total. The maximum atomic E-state index is 10.8. The minimum Gasteiger partial charge on any atom is -0.478 e. The van der Waals surface area contributed by atoms with Gasteiger partial charge in [0.1, 0.15) is 11.0 Å². The molecule has 1 heterocycles. The molecule has 0 atom stereocenters. The monoisotopic (exact) mass is 213 g/mol. The first-order chi connectivity index (χ1) is 6.59. The first-order valence-corrected chi connectivity index (χ1v) is 3.95. The van der Waals surface area contributed by atoms with E-state index in [4.69, 9.17) is 21.9 Å². The summed E-state index contributed by atoms with van der Waals surface area (Å²) >= 11 is 5.65. The maximum absolute atomic E-state index is 10.8. The van der Waals surface area contributed by atoms with Gasteiger partial charge in [-0.05, 0) is 17.3 Å². The number of benzene rings is 1. The molecule has 0 fully saturated rings. The van der Waals surface area contributed by atoms with Crippen LogP contribution in [0.15, 0.2) is 12.1 Å². The zero-order chi connectivity index (χ0) is 10.3. The van der Waals surface area contributed by atoms with Gasteiger partial charge in [0.25, 0.3) is 0 Å². The van der Waals surface area contributed by atoms with Crippen LogP contribution in [0.5, 0.6) is 0 Å². The van der Waals surface area contributed by atoms with Crippen molar-refractivity contribution in [2.24, 2.45) is 0 Å². The first-order valence-electron chi connectivity index (χ1n) is 3.57. The van der Waals surface area contributed by atoms with Gasteiger partial charge in [0, 0.05) is 5.02 Å². The van der Waals surface area contributed by atoms with Gasteiger partial charge in [-0.25, -0.2) is 4.79 Å². The van der Waals surface area contributed by atoms with Crippen molar-refractivity contribution < 1.29 is 15.1 Å². The molecule has 7 heteroatoms. The molecule has 0 aliphatic heterocycles. The van der Waals surface area contributed by atoms with Gasteiger partial charge in [0.15, 0.2) is 0 Å². The lowest BCUT2D eigenvalue weighted by Gasteiger charge is -1.96. The zero-order valence-corrected chi connectivity index (χ0v) is 7.43. The molecule has 0 spiro atoms. The summed E-state index contributed by atoms with van der Waals surface area (Å²) in [5, 5.41) is 24.9. The largest absolute Gasteiger partial charge is 0.478 e. The Hall–Kier alpha value is -1.82. The van der Waals surface area contributed by atoms with Gasteiger partial charge >= 0.3 is 5.97 Å². The molecule has 1 aromatic heterocycles. The summed E-state index contributed by atoms with van der Waals surface area (Å²) in [6, 6.07) is 2.63. The molecule has 0 aliphatic rings. The van der Waals surface area contributed by atoms with Crippen molar-refractivity contribution in [3.63, 3.8) is 0 Å². The number of aromatic carboxylic acids is 1. The summed E-state index contributed by atoms with van der Waals surface area (Å²) in [5.41, 5.74) is 0.173. The van der Waals surface area contributed by atoms with Crippen LogP contribution in [0.4, 0.5) is 0 Å². The van der Waals surface area contributed by atoms with Gasteiger partial charge in [0.2, 0.25) is 0 Å². The third-order valence-corrected chi connectivity index (χ3v) is 1.95. The van der Waals surface area contributed by atoms with Crippen LogP contribution in [0.25, 0.3) is 11.0 Å². The highest BCUT2D eigenvalue weighted by molar-refractivity contribution is 6.31. The summed E-state index contributed by atoms with van der Waals surface area (Å²) < 4.78 is 0. The number of rotatable bonds is 1. The van der Waals surface area contributed by atoms with E-state index in [1.165, 1.54) is 12.1 Å². The third kappa shape index (κ3) is 1.16. The van der Waals surface area contributed by atoms with Gasteiger partial charge in [-0.15, -0.1) is 5.10 Å². The summed E-state index contributed by atoms with van der Waals surface area (Å²) in [7, 11) is 0. The number of hydrogen-bond acceptors (Lipinski definition) is 4. The molecule has 0 radical (unpaired) electrons. The van der Waals surface area contributed by atoms with Gasteiger partial charge in [-0.3, -0.25) is 0 Å². The molecule has 14 heavy (non-hydrogen) atoms. The highest BCUT2D eigenvalue weighted by Gasteiger charge is 2.15. The summed E-state index contributed by atoms with van der Waals surface area (Å²) in [6.45, 7) is 0. The second-order valence-corrected chi connectivity index (χ2v) is 3.04. The Morgan fingerprint density at radius 2 is 2.21 bits per heavy atom. The highest BCUT2D eigenvalue weighted by atomic mass is 35.5. The van der Waals surface area contributed by atoms with Gasteiger partial charge in [0.05, 0.1) is 5.56 Å². The van der Waals surface area contributed by atoms with E-state index in [1.54, 1.807) is 0 Å². The van der Waals surface area contributed by atoms with Crippen LogP contribution in [0.3, 0.4) is 0 Å². The topological polar surface area (TPSA) is 88.2 Å². The number of carboxylic acid groups (broad SMARTS) is 1. The first kappa shape index (κ1) is 8.76. The van der Waals surface area contributed by atoms with Crippen molar-refractivity contribution in [3.8, 4) is 0 Å². The molecule has 0 saturated carbocycles. The van der Waals surface area contributed by atoms with Crippen molar-refractivity contribution in [3.05, 3.63) is 22.7 Å². The lowest BCUT2D eigenvalue weighted by molar-refractivity contribution is 0.0699. The minimum atomic E-state index is -1.17. The number of halogens is 1. The minimum absolute atomic E-state index is 0.0900. The van der Waals surface area contributed by atoms with E-state index in [0.717, 1.165) is 0 Å². The van der Waals surface area contributed by atoms with E-state index in [-0.39, 0.29) is 21.6 Å². The third-order valence-electron chi connectivity index (χ3n) is 1.73. The normalized spacial score (nSPS) is 10.6. The number of nitrogens with zero attached hydrogens (tertiary/aromatic N) is 3. The summed E-state index contributed by atoms with van der Waals surface area (Å²) in [5.74, 6) is -1.17. The van der Waals surface area contributed by atoms with Gasteiger partial charge < -0.3 is 10.3 Å². The molecular weight excluding hydrogens is 210 g/mol. The second-order valence-electron chi connectivity index (χ2n) is 2.61. The van der Waals surface area contributed by atoms with Crippen molar-refractivity contribution in [1.82, 2.24) is 15.2 Å². The Balaban J connectivity index is 2.88. The van der Waals surface area contributed by atoms with E-state index >= 15 is 0 Å². The molecule has 0 unspecified atom stereocenters. The Bertz CT molecular complexity index is 522. The molecule has 0 amide bonds. The highest BCUT2D eigenvalue weighted by Crippen LogP contribution is 2.21. The fourth-order valence-electron chi connectivity index (χ4n) is 1.14. The number of hydrogen-bond donors (Lipinski definition) is 2. The number of carboxylic acids is 1. The Kier molecular flexibility index (Phi) is 1.78. The smallest absolute Gasteiger partial charge is 0.338 e. The average Bonchev–Trinajstić information content (AvgIpc) is 2.47. The average molecular weight is 214 g/mol. The summed E-state index contributed by atoms with van der Waals surface area (Å²) in [6.07, 6.45) is 0. The molecule has 0 saturated heterocycles. The quantitative estimate of drug-likeness (QED) is 0.691. The molecule has 2 rings (SSSR count). The number of fused-ring (bicyclic) bond motifs is 1.